The van der Waals surface area contributed by atoms with Crippen LogP contribution in [-0.4, -0.2) is 8.80 Å². The molecule has 0 aliphatic carbocycles. The smallest absolute Gasteiger partial charge is 0.0620 e. The summed E-state index contributed by atoms with van der Waals surface area (Å²) in [5, 5.41) is 15.7. The minimum absolute atomic E-state index is 1.24. The van der Waals surface area contributed by atoms with Crippen molar-refractivity contribution in [1.82, 2.24) is 8.80 Å². The molecule has 0 saturated heterocycles. The Balaban J connectivity index is 1.01. The third-order valence-corrected chi connectivity index (χ3v) is 16.8. The molecule has 0 fully saturated rings. The van der Waals surface area contributed by atoms with Gasteiger partial charge in [0.05, 0.1) is 33.1 Å². The Morgan fingerprint density at radius 1 is 0.250 bits per heavy atom. The van der Waals surface area contributed by atoms with E-state index in [1.807, 2.05) is 22.7 Å². The maximum absolute atomic E-state index is 2.54. The number of benzene rings is 10. The number of para-hydroxylation sites is 2. The normalized spacial score (nSPS) is 12.7. The molecule has 0 aliphatic rings. The van der Waals surface area contributed by atoms with Crippen LogP contribution in [0.15, 0.2) is 194 Å². The molecule has 0 saturated carbocycles. The molecular weight excluding hydrogens is 813 g/mol. The van der Waals surface area contributed by atoms with Gasteiger partial charge in [0.15, 0.2) is 0 Å². The first-order chi connectivity index (χ1) is 31.7. The van der Waals surface area contributed by atoms with Crippen LogP contribution in [-0.2, 0) is 0 Å². The number of aromatic nitrogens is 2. The van der Waals surface area contributed by atoms with Crippen LogP contribution in [0.4, 0.5) is 0 Å². The lowest BCUT2D eigenvalue weighted by Gasteiger charge is -2.08. The third kappa shape index (κ3) is 4.25. The minimum Gasteiger partial charge on any atom is -0.308 e. The van der Waals surface area contributed by atoms with Crippen molar-refractivity contribution in [2.45, 2.75) is 0 Å². The Labute approximate surface area is 373 Å². The van der Waals surface area contributed by atoms with Gasteiger partial charge in [-0.05, 0) is 106 Å². The average molecular weight is 845 g/mol. The van der Waals surface area contributed by atoms with E-state index in [1.54, 1.807) is 0 Å². The first kappa shape index (κ1) is 33.8. The second-order valence-corrected chi connectivity index (χ2v) is 19.7. The minimum atomic E-state index is 1.24. The van der Waals surface area contributed by atoms with Crippen molar-refractivity contribution in [3.05, 3.63) is 194 Å². The van der Waals surface area contributed by atoms with Crippen LogP contribution in [0.1, 0.15) is 0 Å². The van der Waals surface area contributed by atoms with Gasteiger partial charge in [0.25, 0.3) is 0 Å². The highest BCUT2D eigenvalue weighted by Crippen LogP contribution is 2.48. The van der Waals surface area contributed by atoms with Crippen molar-refractivity contribution in [3.63, 3.8) is 0 Å². The van der Waals surface area contributed by atoms with E-state index >= 15 is 0 Å². The van der Waals surface area contributed by atoms with Crippen LogP contribution in [0, 0.1) is 0 Å². The van der Waals surface area contributed by atoms with Crippen LogP contribution >= 0.6 is 22.7 Å². The molecule has 16 rings (SSSR count). The van der Waals surface area contributed by atoms with Gasteiger partial charge in [0.1, 0.15) is 0 Å². The quantitative estimate of drug-likeness (QED) is 0.168. The molecule has 0 radical (unpaired) electrons. The van der Waals surface area contributed by atoms with E-state index in [9.17, 15) is 0 Å². The van der Waals surface area contributed by atoms with Gasteiger partial charge in [-0.3, -0.25) is 0 Å². The van der Waals surface area contributed by atoms with Crippen LogP contribution in [0.2, 0.25) is 0 Å². The van der Waals surface area contributed by atoms with Gasteiger partial charge in [-0.25, -0.2) is 0 Å². The van der Waals surface area contributed by atoms with Gasteiger partial charge in [-0.15, -0.1) is 22.7 Å². The van der Waals surface area contributed by atoms with Crippen LogP contribution < -0.4 is 0 Å². The fraction of sp³-hybridized carbons (Fsp3) is 0. The zero-order valence-corrected chi connectivity index (χ0v) is 35.8. The molecule has 10 aromatic carbocycles. The number of nitrogens with zero attached hydrogens (tertiary/aromatic N) is 2. The Hall–Kier alpha value is -7.76. The molecule has 294 valence electrons. The summed E-state index contributed by atoms with van der Waals surface area (Å²) in [5.41, 5.74) is 15.2. The average Bonchev–Trinajstić information content (AvgIpc) is 4.20. The van der Waals surface area contributed by atoms with Gasteiger partial charge in [0.2, 0.25) is 0 Å². The summed E-state index contributed by atoms with van der Waals surface area (Å²) in [4.78, 5) is 0. The molecule has 6 heterocycles. The highest BCUT2D eigenvalue weighted by atomic mass is 32.1. The molecule has 6 aromatic heterocycles. The van der Waals surface area contributed by atoms with Gasteiger partial charge >= 0.3 is 0 Å². The van der Waals surface area contributed by atoms with Gasteiger partial charge in [-0.2, -0.15) is 0 Å². The van der Waals surface area contributed by atoms with Gasteiger partial charge in [-0.1, -0.05) is 121 Å². The van der Waals surface area contributed by atoms with Crippen molar-refractivity contribution >= 4 is 139 Å². The predicted octanol–water partition coefficient (Wildman–Crippen LogP) is 17.7. The molecule has 0 aliphatic heterocycles. The SMILES string of the molecule is c1ccc2c(c1)sc1c(-c3ccc4c(c3)c3cc(-c5cc6c7ccccc7n7c8ccccc8c(c5)c67)cc5c6cc(-c7cccc8c7sc7ccccc78)ccc6n4c35)cccc12. The molecule has 0 bridgehead atoms. The maximum atomic E-state index is 2.54. The molecule has 0 spiro atoms. The number of rotatable bonds is 3. The van der Waals surface area contributed by atoms with E-state index in [0.717, 1.165) is 0 Å². The van der Waals surface area contributed by atoms with Crippen molar-refractivity contribution in [2.24, 2.45) is 0 Å². The zero-order chi connectivity index (χ0) is 41.4. The molecule has 64 heavy (non-hydrogen) atoms. The summed E-state index contributed by atoms with van der Waals surface area (Å²) in [6, 6.07) is 73.4. The molecule has 0 amide bonds. The molecule has 4 heteroatoms. The lowest BCUT2D eigenvalue weighted by molar-refractivity contribution is 1.37. The second kappa shape index (κ2) is 12.0. The van der Waals surface area contributed by atoms with E-state index in [-0.39, 0.29) is 0 Å². The Morgan fingerprint density at radius 2 is 0.609 bits per heavy atom. The van der Waals surface area contributed by atoms with Gasteiger partial charge < -0.3 is 8.80 Å². The van der Waals surface area contributed by atoms with Crippen molar-refractivity contribution in [2.75, 3.05) is 0 Å². The Kier molecular flexibility index (Phi) is 6.35. The zero-order valence-electron chi connectivity index (χ0n) is 34.2. The molecule has 0 unspecified atom stereocenters. The molecule has 0 N–H and O–H groups in total. The summed E-state index contributed by atoms with van der Waals surface area (Å²) >= 11 is 3.80. The number of hydrogen-bond acceptors (Lipinski definition) is 2. The fourth-order valence-electron chi connectivity index (χ4n) is 11.6. The largest absolute Gasteiger partial charge is 0.308 e. The van der Waals surface area contributed by atoms with Crippen molar-refractivity contribution in [3.8, 4) is 33.4 Å². The third-order valence-electron chi connectivity index (χ3n) is 14.4. The van der Waals surface area contributed by atoms with E-state index < -0.39 is 0 Å². The predicted molar refractivity (Wildman–Crippen MR) is 278 cm³/mol. The summed E-state index contributed by atoms with van der Waals surface area (Å²) in [5.74, 6) is 0. The second-order valence-electron chi connectivity index (χ2n) is 17.6. The molecule has 2 nitrogen and oxygen atoms in total. The van der Waals surface area contributed by atoms with E-state index in [2.05, 4.69) is 203 Å². The van der Waals surface area contributed by atoms with E-state index in [1.165, 1.54) is 150 Å². The van der Waals surface area contributed by atoms with E-state index in [0.29, 0.717) is 0 Å². The highest BCUT2D eigenvalue weighted by molar-refractivity contribution is 7.26. The first-order valence-corrected chi connectivity index (χ1v) is 23.6. The summed E-state index contributed by atoms with van der Waals surface area (Å²) in [6.45, 7) is 0. The van der Waals surface area contributed by atoms with E-state index in [4.69, 9.17) is 0 Å². The molecular formula is C60H32N2S2. The van der Waals surface area contributed by atoms with Crippen molar-refractivity contribution in [1.29, 1.82) is 0 Å². The fourth-order valence-corrected chi connectivity index (χ4v) is 14.1. The van der Waals surface area contributed by atoms with Crippen LogP contribution in [0.3, 0.4) is 0 Å². The summed E-state index contributed by atoms with van der Waals surface area (Å²) < 4.78 is 10.4. The van der Waals surface area contributed by atoms with Crippen LogP contribution in [0.25, 0.3) is 150 Å². The lowest BCUT2D eigenvalue weighted by atomic mass is 9.95. The molecule has 0 atom stereocenters. The summed E-state index contributed by atoms with van der Waals surface area (Å²) in [7, 11) is 0. The Morgan fingerprint density at radius 3 is 1.08 bits per heavy atom. The Bertz CT molecular complexity index is 4380. The van der Waals surface area contributed by atoms with Gasteiger partial charge in [0, 0.05) is 83.4 Å². The first-order valence-electron chi connectivity index (χ1n) is 22.0. The molecule has 16 aromatic rings. The number of thiophene rings is 2. The summed E-state index contributed by atoms with van der Waals surface area (Å²) in [6.07, 6.45) is 0. The van der Waals surface area contributed by atoms with Crippen molar-refractivity contribution < 1.29 is 0 Å². The number of hydrogen-bond donors (Lipinski definition) is 0. The maximum Gasteiger partial charge on any atom is 0.0620 e. The van der Waals surface area contributed by atoms with Crippen LogP contribution in [0.5, 0.6) is 0 Å². The highest BCUT2D eigenvalue weighted by Gasteiger charge is 2.23. The number of fused-ring (bicyclic) bond motifs is 18. The lowest BCUT2D eigenvalue weighted by Crippen LogP contribution is -1.84. The standard InChI is InChI=1S/C60H32N2S2/c1-5-19-51-39(11-1)47-29-35(30-48-40-12-2-6-20-52(40)61(51)57(47)48)36-31-49-45-27-33(37-15-9-17-43-41-13-3-7-21-55(41)63-59(37)43)23-25-53(45)62-54-26-24-34(28-46(54)50(32-36)58(49)62)38-16-10-18-44-42-14-4-8-22-56(42)64-60(38)44/h1-32H. The monoisotopic (exact) mass is 844 g/mol. The topological polar surface area (TPSA) is 8.82 Å².